The van der Waals surface area contributed by atoms with Gasteiger partial charge in [-0.15, -0.1) is 0 Å². The molecule has 156 valence electrons. The highest BCUT2D eigenvalue weighted by atomic mass is 16.5. The minimum atomic E-state index is 0.201. The fraction of sp³-hybridized carbons (Fsp3) is 0.417. The average molecular weight is 405 g/mol. The molecule has 1 fully saturated rings. The van der Waals surface area contributed by atoms with Gasteiger partial charge in [0.25, 0.3) is 0 Å². The lowest BCUT2D eigenvalue weighted by molar-refractivity contribution is -0.135. The molecule has 2 aromatic carbocycles. The topological polar surface area (TPSA) is 65.8 Å². The molecule has 1 amide bonds. The molecule has 0 aliphatic carbocycles. The molecule has 0 saturated carbocycles. The first-order chi connectivity index (χ1) is 14.7. The molecule has 30 heavy (non-hydrogen) atoms. The third-order valence-electron chi connectivity index (χ3n) is 5.66. The second-order valence-electron chi connectivity index (χ2n) is 7.80. The Morgan fingerprint density at radius 1 is 1.00 bits per heavy atom. The van der Waals surface area contributed by atoms with Gasteiger partial charge in [0.15, 0.2) is 0 Å². The molecule has 1 saturated heterocycles. The summed E-state index contributed by atoms with van der Waals surface area (Å²) in [6.07, 6.45) is 1.26. The SMILES string of the molecule is N#Cc1ccc(CN2CCOc3ccc(CCC(=O)N4CCOCC4)cc3C2)cc1. The number of hydrogen-bond donors (Lipinski definition) is 0. The summed E-state index contributed by atoms with van der Waals surface area (Å²) >= 11 is 0. The molecule has 2 aliphatic rings. The Morgan fingerprint density at radius 3 is 2.53 bits per heavy atom. The number of fused-ring (bicyclic) bond motifs is 1. The molecular weight excluding hydrogens is 378 g/mol. The first kappa shape index (κ1) is 20.4. The van der Waals surface area contributed by atoms with Crippen LogP contribution in [0.5, 0.6) is 5.75 Å². The Bertz CT molecular complexity index is 914. The van der Waals surface area contributed by atoms with Crippen LogP contribution < -0.4 is 4.74 Å². The average Bonchev–Trinajstić information content (AvgIpc) is 2.99. The van der Waals surface area contributed by atoms with Crippen LogP contribution in [0, 0.1) is 11.3 Å². The lowest BCUT2D eigenvalue weighted by atomic mass is 10.0. The van der Waals surface area contributed by atoms with Gasteiger partial charge in [0.2, 0.25) is 5.91 Å². The van der Waals surface area contributed by atoms with Crippen molar-refractivity contribution < 1.29 is 14.3 Å². The first-order valence-electron chi connectivity index (χ1n) is 10.5. The van der Waals surface area contributed by atoms with Crippen molar-refractivity contribution in [1.82, 2.24) is 9.80 Å². The summed E-state index contributed by atoms with van der Waals surface area (Å²) in [7, 11) is 0. The van der Waals surface area contributed by atoms with Gasteiger partial charge >= 0.3 is 0 Å². The summed E-state index contributed by atoms with van der Waals surface area (Å²) in [5, 5.41) is 8.97. The Morgan fingerprint density at radius 2 is 1.77 bits per heavy atom. The fourth-order valence-corrected chi connectivity index (χ4v) is 3.96. The molecule has 0 radical (unpaired) electrons. The number of carbonyl (C=O) groups is 1. The highest BCUT2D eigenvalue weighted by Crippen LogP contribution is 2.26. The van der Waals surface area contributed by atoms with E-state index < -0.39 is 0 Å². The van der Waals surface area contributed by atoms with Crippen LogP contribution in [0.15, 0.2) is 42.5 Å². The molecule has 6 nitrogen and oxygen atoms in total. The van der Waals surface area contributed by atoms with Gasteiger partial charge in [-0.2, -0.15) is 5.26 Å². The van der Waals surface area contributed by atoms with Crippen LogP contribution >= 0.6 is 0 Å². The smallest absolute Gasteiger partial charge is 0.223 e. The zero-order valence-corrected chi connectivity index (χ0v) is 17.2. The highest BCUT2D eigenvalue weighted by Gasteiger charge is 2.18. The van der Waals surface area contributed by atoms with Crippen LogP contribution in [0.25, 0.3) is 0 Å². The second kappa shape index (κ2) is 9.75. The van der Waals surface area contributed by atoms with E-state index in [1.54, 1.807) is 0 Å². The number of carbonyl (C=O) groups excluding carboxylic acids is 1. The molecular formula is C24H27N3O3. The Kier molecular flexibility index (Phi) is 6.63. The van der Waals surface area contributed by atoms with E-state index in [2.05, 4.69) is 23.1 Å². The van der Waals surface area contributed by atoms with Crippen LogP contribution in [-0.2, 0) is 29.0 Å². The summed E-state index contributed by atoms with van der Waals surface area (Å²) in [6.45, 7) is 5.78. The monoisotopic (exact) mass is 405 g/mol. The van der Waals surface area contributed by atoms with Crippen LogP contribution in [0.1, 0.15) is 28.7 Å². The van der Waals surface area contributed by atoms with Gasteiger partial charge in [0.05, 0.1) is 24.8 Å². The number of morpholine rings is 1. The van der Waals surface area contributed by atoms with Crippen molar-refractivity contribution in [2.24, 2.45) is 0 Å². The maximum Gasteiger partial charge on any atom is 0.223 e. The van der Waals surface area contributed by atoms with Gasteiger partial charge in [-0.25, -0.2) is 0 Å². The summed E-state index contributed by atoms with van der Waals surface area (Å²) in [6, 6.07) is 16.2. The van der Waals surface area contributed by atoms with Gasteiger partial charge < -0.3 is 14.4 Å². The van der Waals surface area contributed by atoms with E-state index in [0.717, 1.165) is 37.4 Å². The molecule has 2 aliphatic heterocycles. The third-order valence-corrected chi connectivity index (χ3v) is 5.66. The number of hydrogen-bond acceptors (Lipinski definition) is 5. The number of aryl methyl sites for hydroxylation is 1. The number of nitrogens with zero attached hydrogens (tertiary/aromatic N) is 3. The van der Waals surface area contributed by atoms with Crippen molar-refractivity contribution in [2.75, 3.05) is 39.5 Å². The van der Waals surface area contributed by atoms with Crippen LogP contribution in [0.3, 0.4) is 0 Å². The second-order valence-corrected chi connectivity index (χ2v) is 7.80. The Hall–Kier alpha value is -2.88. The molecule has 0 spiro atoms. The van der Waals surface area contributed by atoms with Crippen LogP contribution in [0.4, 0.5) is 0 Å². The maximum atomic E-state index is 12.4. The molecule has 6 heteroatoms. The lowest BCUT2D eigenvalue weighted by Crippen LogP contribution is -2.40. The van der Waals surface area contributed by atoms with Crippen LogP contribution in [0.2, 0.25) is 0 Å². The number of ether oxygens (including phenoxy) is 2. The van der Waals surface area contributed by atoms with Crippen molar-refractivity contribution in [2.45, 2.75) is 25.9 Å². The third kappa shape index (κ3) is 5.18. The van der Waals surface area contributed by atoms with Gasteiger partial charge in [-0.05, 0) is 35.7 Å². The predicted octanol–water partition coefficient (Wildman–Crippen LogP) is 2.74. The van der Waals surface area contributed by atoms with E-state index in [0.29, 0.717) is 44.9 Å². The van der Waals surface area contributed by atoms with E-state index in [-0.39, 0.29) is 5.91 Å². The van der Waals surface area contributed by atoms with Gasteiger partial charge in [-0.3, -0.25) is 9.69 Å². The van der Waals surface area contributed by atoms with Gasteiger partial charge in [-0.1, -0.05) is 24.3 Å². The van der Waals surface area contributed by atoms with Gasteiger partial charge in [0.1, 0.15) is 12.4 Å². The summed E-state index contributed by atoms with van der Waals surface area (Å²) < 4.78 is 11.3. The summed E-state index contributed by atoms with van der Waals surface area (Å²) in [5.74, 6) is 1.13. The van der Waals surface area contributed by atoms with Crippen molar-refractivity contribution in [3.63, 3.8) is 0 Å². The zero-order valence-electron chi connectivity index (χ0n) is 17.2. The quantitative estimate of drug-likeness (QED) is 0.765. The molecule has 0 atom stereocenters. The summed E-state index contributed by atoms with van der Waals surface area (Å²) in [5.41, 5.74) is 4.20. The Balaban J connectivity index is 1.38. The van der Waals surface area contributed by atoms with Crippen LogP contribution in [-0.4, -0.2) is 55.2 Å². The highest BCUT2D eigenvalue weighted by molar-refractivity contribution is 5.76. The minimum Gasteiger partial charge on any atom is -0.492 e. The van der Waals surface area contributed by atoms with E-state index in [4.69, 9.17) is 14.7 Å². The largest absolute Gasteiger partial charge is 0.492 e. The summed E-state index contributed by atoms with van der Waals surface area (Å²) in [4.78, 5) is 16.7. The maximum absolute atomic E-state index is 12.4. The normalized spacial score (nSPS) is 16.8. The fourth-order valence-electron chi connectivity index (χ4n) is 3.96. The molecule has 2 heterocycles. The van der Waals surface area contributed by atoms with Gasteiger partial charge in [0, 0.05) is 44.7 Å². The van der Waals surface area contributed by atoms with Crippen molar-refractivity contribution in [3.05, 3.63) is 64.7 Å². The van der Waals surface area contributed by atoms with E-state index in [9.17, 15) is 4.79 Å². The van der Waals surface area contributed by atoms with Crippen molar-refractivity contribution >= 4 is 5.91 Å². The molecule has 0 bridgehead atoms. The van der Waals surface area contributed by atoms with Crippen molar-refractivity contribution in [1.29, 1.82) is 5.26 Å². The van der Waals surface area contributed by atoms with E-state index in [1.165, 1.54) is 11.1 Å². The number of amides is 1. The molecule has 0 aromatic heterocycles. The number of benzene rings is 2. The van der Waals surface area contributed by atoms with E-state index >= 15 is 0 Å². The predicted molar refractivity (Wildman–Crippen MR) is 113 cm³/mol. The minimum absolute atomic E-state index is 0.201. The van der Waals surface area contributed by atoms with Crippen molar-refractivity contribution in [3.8, 4) is 11.8 Å². The molecule has 2 aromatic rings. The number of nitriles is 1. The van der Waals surface area contributed by atoms with E-state index in [1.807, 2.05) is 35.2 Å². The number of rotatable bonds is 5. The molecule has 0 N–H and O–H groups in total. The lowest BCUT2D eigenvalue weighted by Gasteiger charge is -2.26. The molecule has 4 rings (SSSR count). The first-order valence-corrected chi connectivity index (χ1v) is 10.5. The zero-order chi connectivity index (χ0) is 20.8. The Labute approximate surface area is 177 Å². The molecule has 0 unspecified atom stereocenters. The standard InChI is InChI=1S/C24H27N3O3/c25-16-20-1-3-21(4-2-20)17-26-9-14-30-23-7-5-19(15-22(23)18-26)6-8-24(28)27-10-12-29-13-11-27/h1-5,7,15H,6,8-14,17-18H2.